The molecule has 1 radical (unpaired) electrons. The molecule has 0 bridgehead atoms. The first kappa shape index (κ1) is 26.1. The van der Waals surface area contributed by atoms with Crippen molar-refractivity contribution in [2.45, 2.75) is 38.9 Å². The van der Waals surface area contributed by atoms with Gasteiger partial charge in [-0.2, -0.15) is 0 Å². The van der Waals surface area contributed by atoms with Gasteiger partial charge in [-0.05, 0) is 85.7 Å². The molecule has 6 aromatic rings. The van der Waals surface area contributed by atoms with Crippen molar-refractivity contribution in [2.75, 3.05) is 0 Å². The normalized spacial score (nSPS) is 12.2. The summed E-state index contributed by atoms with van der Waals surface area (Å²) in [6.07, 6.45) is 0. The maximum Gasteiger partial charge on any atom is 0.333 e. The molecule has 0 unspecified atom stereocenters. The van der Waals surface area contributed by atoms with Crippen molar-refractivity contribution in [1.82, 2.24) is 4.57 Å². The highest BCUT2D eigenvalue weighted by Gasteiger charge is 2.36. The Balaban J connectivity index is 1.56. The van der Waals surface area contributed by atoms with E-state index in [9.17, 15) is 5.11 Å². The average molecular weight is 522 g/mol. The highest BCUT2D eigenvalue weighted by molar-refractivity contribution is 6.49. The monoisotopic (exact) mass is 522 g/mol. The summed E-state index contributed by atoms with van der Waals surface area (Å²) in [5.74, 6) is 0. The van der Waals surface area contributed by atoms with Gasteiger partial charge in [-0.1, -0.05) is 91.0 Å². The Hall–Kier alpha value is -4.12. The van der Waals surface area contributed by atoms with Crippen LogP contribution in [0, 0.1) is 0 Å². The highest BCUT2D eigenvalue weighted by Crippen LogP contribution is 2.37. The van der Waals surface area contributed by atoms with Crippen LogP contribution in [-0.4, -0.2) is 28.4 Å². The minimum atomic E-state index is -1.01. The highest BCUT2D eigenvalue weighted by atomic mass is 16.5. The molecule has 0 saturated heterocycles. The maximum absolute atomic E-state index is 10.6. The summed E-state index contributed by atoms with van der Waals surface area (Å²) < 4.78 is 8.53. The number of hydrogen-bond donors (Lipinski definition) is 1. The molecule has 0 aliphatic heterocycles. The van der Waals surface area contributed by atoms with Gasteiger partial charge in [-0.25, -0.2) is 0 Å². The van der Waals surface area contributed by atoms with Crippen molar-refractivity contribution in [1.29, 1.82) is 0 Å². The fourth-order valence-corrected chi connectivity index (χ4v) is 5.05. The number of hydrogen-bond acceptors (Lipinski definition) is 2. The fraction of sp³-hybridized carbons (Fsp3) is 0.167. The molecule has 197 valence electrons. The molecule has 1 aromatic heterocycles. The van der Waals surface area contributed by atoms with E-state index in [-0.39, 0.29) is 0 Å². The van der Waals surface area contributed by atoms with Crippen LogP contribution < -0.4 is 5.46 Å². The lowest BCUT2D eigenvalue weighted by Gasteiger charge is -2.37. The summed E-state index contributed by atoms with van der Waals surface area (Å²) in [5, 5.41) is 13.0. The quantitative estimate of drug-likeness (QED) is 0.216. The van der Waals surface area contributed by atoms with Crippen molar-refractivity contribution >= 4 is 34.8 Å². The molecule has 3 nitrogen and oxygen atoms in total. The van der Waals surface area contributed by atoms with Gasteiger partial charge in [-0.15, -0.1) is 0 Å². The van der Waals surface area contributed by atoms with Crippen LogP contribution in [-0.2, 0) is 4.65 Å². The van der Waals surface area contributed by atoms with Crippen molar-refractivity contribution in [3.8, 4) is 27.9 Å². The lowest BCUT2D eigenvalue weighted by atomic mass is 9.81. The van der Waals surface area contributed by atoms with Gasteiger partial charge < -0.3 is 14.3 Å². The van der Waals surface area contributed by atoms with E-state index in [2.05, 4.69) is 120 Å². The molecule has 0 fully saturated rings. The Kier molecular flexibility index (Phi) is 6.62. The fourth-order valence-electron chi connectivity index (χ4n) is 5.05. The molecular formula is C36H33BNO2. The molecule has 0 amide bonds. The summed E-state index contributed by atoms with van der Waals surface area (Å²) in [6.45, 7) is 7.36. The number of para-hydroxylation sites is 1. The molecule has 4 heteroatoms. The summed E-state index contributed by atoms with van der Waals surface area (Å²) in [5.41, 5.74) is 7.21. The zero-order valence-electron chi connectivity index (χ0n) is 23.4. The van der Waals surface area contributed by atoms with Gasteiger partial charge in [0.15, 0.2) is 0 Å². The van der Waals surface area contributed by atoms with Gasteiger partial charge in [0.05, 0.1) is 22.2 Å². The van der Waals surface area contributed by atoms with Crippen molar-refractivity contribution in [2.24, 2.45) is 0 Å². The second-order valence-electron chi connectivity index (χ2n) is 11.4. The first-order valence-corrected chi connectivity index (χ1v) is 13.7. The van der Waals surface area contributed by atoms with Crippen LogP contribution in [0.3, 0.4) is 0 Å². The third kappa shape index (κ3) is 4.74. The number of benzene rings is 5. The number of rotatable bonds is 7. The smallest absolute Gasteiger partial charge is 0.333 e. The molecule has 0 saturated carbocycles. The molecule has 0 spiro atoms. The van der Waals surface area contributed by atoms with Crippen LogP contribution in [0.1, 0.15) is 27.7 Å². The number of aromatic nitrogens is 1. The minimum absolute atomic E-state index is 0.768. The van der Waals surface area contributed by atoms with Crippen LogP contribution in [0.15, 0.2) is 121 Å². The van der Waals surface area contributed by atoms with Gasteiger partial charge >= 0.3 is 7.48 Å². The van der Waals surface area contributed by atoms with E-state index in [1.54, 1.807) is 21.3 Å². The summed E-state index contributed by atoms with van der Waals surface area (Å²) in [6, 6.07) is 42.8. The molecule has 0 aliphatic rings. The Morgan fingerprint density at radius 3 is 1.55 bits per heavy atom. The van der Waals surface area contributed by atoms with Gasteiger partial charge in [-0.3, -0.25) is 0 Å². The van der Waals surface area contributed by atoms with Crippen molar-refractivity contribution < 1.29 is 9.76 Å². The molecule has 1 heterocycles. The topological polar surface area (TPSA) is 34.4 Å². The summed E-state index contributed by atoms with van der Waals surface area (Å²) in [7, 11) is 1.78. The first-order chi connectivity index (χ1) is 19.2. The molecule has 0 aliphatic carbocycles. The molecule has 5 aromatic carbocycles. The van der Waals surface area contributed by atoms with Crippen LogP contribution in [0.4, 0.5) is 0 Å². The number of fused-ring (bicyclic) bond motifs is 3. The van der Waals surface area contributed by atoms with E-state index in [1.807, 2.05) is 19.9 Å². The Morgan fingerprint density at radius 2 is 1.05 bits per heavy atom. The second kappa shape index (κ2) is 10.1. The summed E-state index contributed by atoms with van der Waals surface area (Å²) in [4.78, 5) is 0. The Morgan fingerprint density at radius 1 is 0.575 bits per heavy atom. The lowest BCUT2D eigenvalue weighted by Crippen LogP contribution is -2.49. The third-order valence-corrected chi connectivity index (χ3v) is 8.11. The van der Waals surface area contributed by atoms with Gasteiger partial charge in [0.25, 0.3) is 0 Å². The molecule has 1 N–H and O–H groups in total. The van der Waals surface area contributed by atoms with Crippen LogP contribution in [0.25, 0.3) is 49.7 Å². The number of aliphatic hydroxyl groups is 1. The Labute approximate surface area is 237 Å². The van der Waals surface area contributed by atoms with E-state index < -0.39 is 11.2 Å². The van der Waals surface area contributed by atoms with E-state index in [1.165, 1.54) is 33.0 Å². The van der Waals surface area contributed by atoms with Crippen LogP contribution in [0.5, 0.6) is 0 Å². The predicted octanol–water partition coefficient (Wildman–Crippen LogP) is 7.93. The summed E-state index contributed by atoms with van der Waals surface area (Å²) >= 11 is 0. The SMILES string of the molecule is CC(C)(O)C(C)(C)O[B]c1ccccc1-n1c2ccc(-c3ccccc3)cc2c2cc(-c3ccccc3)ccc21. The van der Waals surface area contributed by atoms with Crippen LogP contribution >= 0.6 is 0 Å². The van der Waals surface area contributed by atoms with E-state index in [4.69, 9.17) is 4.65 Å². The molecule has 6 rings (SSSR count). The van der Waals surface area contributed by atoms with E-state index in [0.29, 0.717) is 0 Å². The molecule has 0 atom stereocenters. The van der Waals surface area contributed by atoms with Crippen molar-refractivity contribution in [3.05, 3.63) is 121 Å². The molecular weight excluding hydrogens is 489 g/mol. The third-order valence-electron chi connectivity index (χ3n) is 8.11. The zero-order chi connectivity index (χ0) is 27.9. The van der Waals surface area contributed by atoms with Crippen LogP contribution in [0.2, 0.25) is 0 Å². The lowest BCUT2D eigenvalue weighted by molar-refractivity contribution is -0.0893. The van der Waals surface area contributed by atoms with E-state index in [0.717, 1.165) is 22.2 Å². The minimum Gasteiger partial charge on any atom is -0.427 e. The standard InChI is InChI=1S/C36H33BNO2/c1-35(2,39)36(3,4)40-37-31-17-11-12-18-34(31)38-32-21-19-27(25-13-7-5-8-14-25)23-29(32)30-24-28(20-22-33(30)38)26-15-9-6-10-16-26/h5-24,39H,1-4H3. The zero-order valence-corrected chi connectivity index (χ0v) is 23.4. The largest absolute Gasteiger partial charge is 0.427 e. The van der Waals surface area contributed by atoms with Gasteiger partial charge in [0, 0.05) is 16.5 Å². The van der Waals surface area contributed by atoms with E-state index >= 15 is 0 Å². The van der Waals surface area contributed by atoms with Gasteiger partial charge in [0.2, 0.25) is 0 Å². The van der Waals surface area contributed by atoms with Gasteiger partial charge in [0.1, 0.15) is 0 Å². The predicted molar refractivity (Wildman–Crippen MR) is 169 cm³/mol. The van der Waals surface area contributed by atoms with Crippen molar-refractivity contribution in [3.63, 3.8) is 0 Å². The first-order valence-electron chi connectivity index (χ1n) is 13.7. The average Bonchev–Trinajstić information content (AvgIpc) is 3.29. The Bertz CT molecular complexity index is 1700. The molecule has 40 heavy (non-hydrogen) atoms. The number of nitrogens with zero attached hydrogens (tertiary/aromatic N) is 1. The second-order valence-corrected chi connectivity index (χ2v) is 11.4. The maximum atomic E-state index is 10.6.